The lowest BCUT2D eigenvalue weighted by Crippen LogP contribution is -2.07. The molecule has 0 aliphatic carbocycles. The highest BCUT2D eigenvalue weighted by molar-refractivity contribution is 6.30. The lowest BCUT2D eigenvalue weighted by atomic mass is 10.2. The third-order valence-corrected chi connectivity index (χ3v) is 2.90. The normalized spacial score (nSPS) is 10.5. The first kappa shape index (κ1) is 13.9. The minimum atomic E-state index is -1.24. The van der Waals surface area contributed by atoms with E-state index < -0.39 is 10.9 Å². The van der Waals surface area contributed by atoms with Crippen LogP contribution >= 0.6 is 11.6 Å². The molecule has 0 bridgehead atoms. The van der Waals surface area contributed by atoms with Gasteiger partial charge in [-0.2, -0.15) is 0 Å². The first-order valence-corrected chi connectivity index (χ1v) is 5.95. The quantitative estimate of drug-likeness (QED) is 0.683. The third kappa shape index (κ3) is 2.32. The van der Waals surface area contributed by atoms with Gasteiger partial charge in [0.2, 0.25) is 0 Å². The molecule has 0 saturated carbocycles. The number of nitro benzene ring substituents is 1. The Kier molecular flexibility index (Phi) is 3.66. The summed E-state index contributed by atoms with van der Waals surface area (Å²) in [5, 5.41) is 27.5. The van der Waals surface area contributed by atoms with Crippen molar-refractivity contribution in [3.63, 3.8) is 0 Å². The van der Waals surface area contributed by atoms with Crippen LogP contribution in [0.4, 0.5) is 5.69 Å². The van der Waals surface area contributed by atoms with Crippen LogP contribution in [0, 0.1) is 10.1 Å². The molecule has 0 aliphatic heterocycles. The van der Waals surface area contributed by atoms with Crippen molar-refractivity contribution >= 4 is 23.3 Å². The van der Waals surface area contributed by atoms with E-state index in [2.05, 4.69) is 10.3 Å². The maximum absolute atomic E-state index is 11.0. The van der Waals surface area contributed by atoms with Crippen molar-refractivity contribution in [2.45, 2.75) is 13.3 Å². The lowest BCUT2D eigenvalue weighted by molar-refractivity contribution is -0.384. The van der Waals surface area contributed by atoms with Gasteiger partial charge in [0, 0.05) is 11.1 Å². The van der Waals surface area contributed by atoms with Crippen molar-refractivity contribution in [2.24, 2.45) is 0 Å². The molecule has 0 spiro atoms. The Morgan fingerprint density at radius 1 is 1.55 bits per heavy atom. The van der Waals surface area contributed by atoms with E-state index in [1.165, 1.54) is 18.2 Å². The van der Waals surface area contributed by atoms with Crippen LogP contribution in [0.15, 0.2) is 18.2 Å². The van der Waals surface area contributed by atoms with Gasteiger partial charge in [-0.1, -0.05) is 23.7 Å². The maximum atomic E-state index is 11.0. The third-order valence-electron chi connectivity index (χ3n) is 2.66. The smallest absolute Gasteiger partial charge is 0.358 e. The number of nitro groups is 1. The van der Waals surface area contributed by atoms with E-state index in [9.17, 15) is 14.9 Å². The largest absolute Gasteiger partial charge is 0.476 e. The Bertz CT molecular complexity index is 698. The summed E-state index contributed by atoms with van der Waals surface area (Å²) in [6, 6.07) is 3.96. The van der Waals surface area contributed by atoms with Crippen LogP contribution in [0.3, 0.4) is 0 Å². The zero-order valence-corrected chi connectivity index (χ0v) is 11.0. The summed E-state index contributed by atoms with van der Waals surface area (Å²) in [6.45, 7) is 1.71. The van der Waals surface area contributed by atoms with E-state index >= 15 is 0 Å². The average molecular weight is 297 g/mol. The Hall–Kier alpha value is -2.48. The highest BCUT2D eigenvalue weighted by Crippen LogP contribution is 2.27. The molecule has 2 aromatic rings. The minimum Gasteiger partial charge on any atom is -0.476 e. The van der Waals surface area contributed by atoms with E-state index in [0.717, 1.165) is 4.68 Å². The number of benzene rings is 1. The Labute approximate surface area is 117 Å². The standard InChI is InChI=1S/C11H9ClN4O4/c1-2-7-10(11(17)18)13-14-15(7)9-5-6(12)3-4-8(9)16(19)20/h3-5H,2H2,1H3,(H,17,18). The minimum absolute atomic E-state index is 0.0827. The van der Waals surface area contributed by atoms with Gasteiger partial charge in [-0.3, -0.25) is 10.1 Å². The maximum Gasteiger partial charge on any atom is 0.358 e. The van der Waals surface area contributed by atoms with Gasteiger partial charge in [0.05, 0.1) is 10.6 Å². The molecule has 0 aliphatic rings. The number of aromatic carboxylic acids is 1. The predicted octanol–water partition coefficient (Wildman–Crippen LogP) is 2.09. The molecule has 0 fully saturated rings. The van der Waals surface area contributed by atoms with E-state index in [0.29, 0.717) is 6.42 Å². The molecule has 9 heteroatoms. The number of hydrogen-bond acceptors (Lipinski definition) is 5. The van der Waals surface area contributed by atoms with Gasteiger partial charge >= 0.3 is 5.97 Å². The molecule has 2 rings (SSSR count). The molecular formula is C11H9ClN4O4. The SMILES string of the molecule is CCc1c(C(=O)O)nnn1-c1cc(Cl)ccc1[N+](=O)[O-]. The summed E-state index contributed by atoms with van der Waals surface area (Å²) in [6.07, 6.45) is 0.304. The molecule has 8 nitrogen and oxygen atoms in total. The van der Waals surface area contributed by atoms with Gasteiger partial charge in [0.1, 0.15) is 5.69 Å². The summed E-state index contributed by atoms with van der Waals surface area (Å²) < 4.78 is 1.13. The van der Waals surface area contributed by atoms with Crippen molar-refractivity contribution in [1.29, 1.82) is 0 Å². The highest BCUT2D eigenvalue weighted by atomic mass is 35.5. The monoisotopic (exact) mass is 296 g/mol. The van der Waals surface area contributed by atoms with Gasteiger partial charge in [-0.25, -0.2) is 9.48 Å². The van der Waals surface area contributed by atoms with Crippen LogP contribution in [-0.2, 0) is 6.42 Å². The molecule has 0 radical (unpaired) electrons. The summed E-state index contributed by atoms with van der Waals surface area (Å²) in [4.78, 5) is 21.5. The molecule has 1 aromatic carbocycles. The zero-order valence-electron chi connectivity index (χ0n) is 10.3. The number of carbonyl (C=O) groups is 1. The topological polar surface area (TPSA) is 111 Å². The van der Waals surface area contributed by atoms with Gasteiger partial charge in [0.15, 0.2) is 5.69 Å². The lowest BCUT2D eigenvalue weighted by Gasteiger charge is -2.06. The number of hydrogen-bond donors (Lipinski definition) is 1. The fraction of sp³-hybridized carbons (Fsp3) is 0.182. The van der Waals surface area contributed by atoms with Gasteiger partial charge in [-0.05, 0) is 18.6 Å². The number of rotatable bonds is 4. The van der Waals surface area contributed by atoms with Crippen LogP contribution in [0.25, 0.3) is 5.69 Å². The number of carboxylic acids is 1. The van der Waals surface area contributed by atoms with Crippen molar-refractivity contribution in [3.8, 4) is 5.69 Å². The number of carboxylic acid groups (broad SMARTS) is 1. The van der Waals surface area contributed by atoms with Crippen molar-refractivity contribution in [3.05, 3.63) is 44.7 Å². The summed E-state index contributed by atoms with van der Waals surface area (Å²) in [7, 11) is 0. The summed E-state index contributed by atoms with van der Waals surface area (Å²) in [5.41, 5.74) is -0.116. The van der Waals surface area contributed by atoms with Gasteiger partial charge in [-0.15, -0.1) is 5.10 Å². The van der Waals surface area contributed by atoms with Gasteiger partial charge < -0.3 is 5.11 Å². The summed E-state index contributed by atoms with van der Waals surface area (Å²) in [5.74, 6) is -1.24. The molecular weight excluding hydrogens is 288 g/mol. The van der Waals surface area contributed by atoms with Crippen LogP contribution in [0.5, 0.6) is 0 Å². The van der Waals surface area contributed by atoms with E-state index in [-0.39, 0.29) is 27.8 Å². The van der Waals surface area contributed by atoms with Crippen LogP contribution in [0.1, 0.15) is 23.1 Å². The highest BCUT2D eigenvalue weighted by Gasteiger charge is 2.23. The van der Waals surface area contributed by atoms with Crippen molar-refractivity contribution < 1.29 is 14.8 Å². The second-order valence-corrected chi connectivity index (χ2v) is 4.28. The second kappa shape index (κ2) is 5.25. The molecule has 0 amide bonds. The van der Waals surface area contributed by atoms with Crippen LogP contribution < -0.4 is 0 Å². The second-order valence-electron chi connectivity index (χ2n) is 3.85. The first-order chi connectivity index (χ1) is 9.45. The Morgan fingerprint density at radius 2 is 2.25 bits per heavy atom. The molecule has 0 unspecified atom stereocenters. The van der Waals surface area contributed by atoms with E-state index in [1.54, 1.807) is 6.92 Å². The Morgan fingerprint density at radius 3 is 2.80 bits per heavy atom. The fourth-order valence-electron chi connectivity index (χ4n) is 1.80. The molecule has 1 aromatic heterocycles. The van der Waals surface area contributed by atoms with Crippen LogP contribution in [0.2, 0.25) is 5.02 Å². The zero-order chi connectivity index (χ0) is 14.9. The molecule has 0 atom stereocenters. The number of halogens is 1. The first-order valence-electron chi connectivity index (χ1n) is 5.57. The number of aromatic nitrogens is 3. The van der Waals surface area contributed by atoms with Crippen LogP contribution in [-0.4, -0.2) is 31.0 Å². The fourth-order valence-corrected chi connectivity index (χ4v) is 1.97. The Balaban J connectivity index is 2.71. The van der Waals surface area contributed by atoms with E-state index in [1.807, 2.05) is 0 Å². The molecule has 20 heavy (non-hydrogen) atoms. The van der Waals surface area contributed by atoms with Gasteiger partial charge in [0.25, 0.3) is 5.69 Å². The predicted molar refractivity (Wildman–Crippen MR) is 69.4 cm³/mol. The van der Waals surface area contributed by atoms with E-state index in [4.69, 9.17) is 16.7 Å². The average Bonchev–Trinajstić information content (AvgIpc) is 2.81. The van der Waals surface area contributed by atoms with Crippen molar-refractivity contribution in [1.82, 2.24) is 15.0 Å². The summed E-state index contributed by atoms with van der Waals surface area (Å²) >= 11 is 5.84. The molecule has 1 N–H and O–H groups in total. The molecule has 1 heterocycles. The number of nitrogens with zero attached hydrogens (tertiary/aromatic N) is 4. The molecule has 104 valence electrons. The van der Waals surface area contributed by atoms with Crippen molar-refractivity contribution in [2.75, 3.05) is 0 Å². The molecule has 0 saturated heterocycles.